The van der Waals surface area contributed by atoms with Crippen LogP contribution in [0.5, 0.6) is 5.75 Å². The zero-order valence-electron chi connectivity index (χ0n) is 15.4. The summed E-state index contributed by atoms with van der Waals surface area (Å²) in [5.74, 6) is 1.69. The van der Waals surface area contributed by atoms with Crippen LogP contribution in [0.15, 0.2) is 29.3 Å². The SMILES string of the molecule is CN=C(NCCNC(C)(C)C)NCC(C)Oc1cccc(C)c1. The molecule has 1 rings (SSSR count). The highest BCUT2D eigenvalue weighted by molar-refractivity contribution is 5.79. The topological polar surface area (TPSA) is 57.7 Å². The zero-order chi connectivity index (χ0) is 17.3. The van der Waals surface area contributed by atoms with E-state index in [4.69, 9.17) is 4.74 Å². The first-order chi connectivity index (χ1) is 10.8. The first-order valence-electron chi connectivity index (χ1n) is 8.23. The summed E-state index contributed by atoms with van der Waals surface area (Å²) in [5.41, 5.74) is 1.33. The van der Waals surface area contributed by atoms with Crippen molar-refractivity contribution >= 4 is 5.96 Å². The molecule has 0 fully saturated rings. The number of rotatable bonds is 7. The van der Waals surface area contributed by atoms with Crippen molar-refractivity contribution in [2.45, 2.75) is 46.3 Å². The van der Waals surface area contributed by atoms with Crippen LogP contribution < -0.4 is 20.7 Å². The first-order valence-corrected chi connectivity index (χ1v) is 8.23. The van der Waals surface area contributed by atoms with Crippen molar-refractivity contribution < 1.29 is 4.74 Å². The molecule has 1 aromatic rings. The van der Waals surface area contributed by atoms with Crippen LogP contribution in [0.25, 0.3) is 0 Å². The lowest BCUT2D eigenvalue weighted by Gasteiger charge is -2.21. The van der Waals surface area contributed by atoms with Gasteiger partial charge in [-0.05, 0) is 52.3 Å². The van der Waals surface area contributed by atoms with Crippen molar-refractivity contribution in [2.24, 2.45) is 4.99 Å². The van der Waals surface area contributed by atoms with Crippen LogP contribution in [0.3, 0.4) is 0 Å². The van der Waals surface area contributed by atoms with Gasteiger partial charge in [0.2, 0.25) is 0 Å². The highest BCUT2D eigenvalue weighted by Crippen LogP contribution is 2.13. The van der Waals surface area contributed by atoms with Gasteiger partial charge in [0.25, 0.3) is 0 Å². The first kappa shape index (κ1) is 19.3. The summed E-state index contributed by atoms with van der Waals surface area (Å²) < 4.78 is 5.90. The molecule has 130 valence electrons. The number of benzene rings is 1. The van der Waals surface area contributed by atoms with Gasteiger partial charge in [0.05, 0.1) is 6.54 Å². The minimum Gasteiger partial charge on any atom is -0.489 e. The van der Waals surface area contributed by atoms with Crippen LogP contribution in [0.2, 0.25) is 0 Å². The molecule has 3 N–H and O–H groups in total. The summed E-state index contributed by atoms with van der Waals surface area (Å²) >= 11 is 0. The van der Waals surface area contributed by atoms with Crippen LogP contribution in [0.1, 0.15) is 33.3 Å². The smallest absolute Gasteiger partial charge is 0.191 e. The summed E-state index contributed by atoms with van der Waals surface area (Å²) in [4.78, 5) is 4.23. The normalized spacial score (nSPS) is 13.6. The molecule has 0 amide bonds. The highest BCUT2D eigenvalue weighted by atomic mass is 16.5. The predicted molar refractivity (Wildman–Crippen MR) is 98.4 cm³/mol. The van der Waals surface area contributed by atoms with Crippen LogP contribution >= 0.6 is 0 Å². The second-order valence-corrected chi connectivity index (χ2v) is 6.80. The van der Waals surface area contributed by atoms with Crippen LogP contribution in [-0.4, -0.2) is 44.3 Å². The number of guanidine groups is 1. The third-order valence-electron chi connectivity index (χ3n) is 3.18. The Morgan fingerprint density at radius 2 is 1.96 bits per heavy atom. The van der Waals surface area contributed by atoms with Crippen molar-refractivity contribution in [3.8, 4) is 5.75 Å². The van der Waals surface area contributed by atoms with Crippen LogP contribution in [-0.2, 0) is 0 Å². The quantitative estimate of drug-likeness (QED) is 0.410. The molecule has 0 aromatic heterocycles. The van der Waals surface area contributed by atoms with Gasteiger partial charge in [0.15, 0.2) is 5.96 Å². The Hall–Kier alpha value is -1.75. The average molecular weight is 320 g/mol. The second-order valence-electron chi connectivity index (χ2n) is 6.80. The van der Waals surface area contributed by atoms with E-state index in [1.165, 1.54) is 5.56 Å². The van der Waals surface area contributed by atoms with Crippen molar-refractivity contribution in [3.63, 3.8) is 0 Å². The fourth-order valence-corrected chi connectivity index (χ4v) is 2.04. The average Bonchev–Trinajstić information content (AvgIpc) is 2.45. The molecule has 1 aromatic carbocycles. The Kier molecular flexibility index (Phi) is 7.89. The predicted octanol–water partition coefficient (Wildman–Crippen LogP) is 2.32. The summed E-state index contributed by atoms with van der Waals surface area (Å²) in [6.07, 6.45) is 0.0584. The van der Waals surface area contributed by atoms with Gasteiger partial charge in [0, 0.05) is 25.7 Å². The third kappa shape index (κ3) is 9.08. The summed E-state index contributed by atoms with van der Waals surface area (Å²) in [5, 5.41) is 10.0. The van der Waals surface area contributed by atoms with E-state index >= 15 is 0 Å². The Bertz CT molecular complexity index is 494. The molecular formula is C18H32N4O. The molecule has 0 aliphatic rings. The molecule has 5 heteroatoms. The minimum absolute atomic E-state index is 0.0584. The summed E-state index contributed by atoms with van der Waals surface area (Å²) in [7, 11) is 1.78. The van der Waals surface area contributed by atoms with E-state index in [1.807, 2.05) is 25.1 Å². The van der Waals surface area contributed by atoms with Gasteiger partial charge in [0.1, 0.15) is 11.9 Å². The molecule has 0 spiro atoms. The lowest BCUT2D eigenvalue weighted by molar-refractivity contribution is 0.223. The number of ether oxygens (including phenoxy) is 1. The monoisotopic (exact) mass is 320 g/mol. The van der Waals surface area contributed by atoms with Crippen molar-refractivity contribution in [3.05, 3.63) is 29.8 Å². The van der Waals surface area contributed by atoms with Gasteiger partial charge in [-0.2, -0.15) is 0 Å². The second kappa shape index (κ2) is 9.40. The zero-order valence-corrected chi connectivity index (χ0v) is 15.4. The maximum absolute atomic E-state index is 5.90. The number of nitrogens with zero attached hydrogens (tertiary/aromatic N) is 1. The Labute approximate surface area is 140 Å². The molecule has 0 saturated carbocycles. The number of aryl methyl sites for hydroxylation is 1. The fraction of sp³-hybridized carbons (Fsp3) is 0.611. The molecule has 0 heterocycles. The van der Waals surface area contributed by atoms with E-state index in [0.29, 0.717) is 6.54 Å². The van der Waals surface area contributed by atoms with Gasteiger partial charge in [-0.1, -0.05) is 12.1 Å². The van der Waals surface area contributed by atoms with Gasteiger partial charge < -0.3 is 20.7 Å². The third-order valence-corrected chi connectivity index (χ3v) is 3.18. The Morgan fingerprint density at radius 3 is 2.57 bits per heavy atom. The minimum atomic E-state index is 0.0584. The van der Waals surface area contributed by atoms with E-state index in [2.05, 4.69) is 54.7 Å². The number of hydrogen-bond acceptors (Lipinski definition) is 3. The van der Waals surface area contributed by atoms with Gasteiger partial charge in [-0.15, -0.1) is 0 Å². The van der Waals surface area contributed by atoms with Crippen molar-refractivity contribution in [1.29, 1.82) is 0 Å². The molecular weight excluding hydrogens is 288 g/mol. The molecule has 0 aliphatic carbocycles. The summed E-state index contributed by atoms with van der Waals surface area (Å²) in [6, 6.07) is 8.09. The molecule has 0 saturated heterocycles. The molecule has 5 nitrogen and oxygen atoms in total. The van der Waals surface area contributed by atoms with Crippen LogP contribution in [0.4, 0.5) is 0 Å². The van der Waals surface area contributed by atoms with E-state index in [1.54, 1.807) is 7.05 Å². The van der Waals surface area contributed by atoms with Gasteiger partial charge in [-0.25, -0.2) is 0 Å². The van der Waals surface area contributed by atoms with E-state index in [0.717, 1.165) is 24.8 Å². The van der Waals surface area contributed by atoms with Crippen LogP contribution in [0, 0.1) is 6.92 Å². The van der Waals surface area contributed by atoms with Crippen molar-refractivity contribution in [2.75, 3.05) is 26.7 Å². The Balaban J connectivity index is 2.28. The largest absolute Gasteiger partial charge is 0.489 e. The standard InChI is InChI=1S/C18H32N4O/c1-14-8-7-9-16(12-14)23-15(2)13-21-17(19-6)20-10-11-22-18(3,4)5/h7-9,12,15,22H,10-11,13H2,1-6H3,(H2,19,20,21). The Morgan fingerprint density at radius 1 is 1.22 bits per heavy atom. The number of hydrogen-bond donors (Lipinski definition) is 3. The molecule has 23 heavy (non-hydrogen) atoms. The maximum atomic E-state index is 5.90. The van der Waals surface area contributed by atoms with E-state index < -0.39 is 0 Å². The number of aliphatic imine (C=N–C) groups is 1. The van der Waals surface area contributed by atoms with Gasteiger partial charge >= 0.3 is 0 Å². The highest BCUT2D eigenvalue weighted by Gasteiger charge is 2.08. The van der Waals surface area contributed by atoms with E-state index in [-0.39, 0.29) is 11.6 Å². The lowest BCUT2D eigenvalue weighted by Crippen LogP contribution is -2.46. The number of nitrogens with one attached hydrogen (secondary N) is 3. The molecule has 0 bridgehead atoms. The van der Waals surface area contributed by atoms with Crippen molar-refractivity contribution in [1.82, 2.24) is 16.0 Å². The molecule has 1 atom stereocenters. The lowest BCUT2D eigenvalue weighted by atomic mass is 10.1. The van der Waals surface area contributed by atoms with Gasteiger partial charge in [-0.3, -0.25) is 4.99 Å². The van der Waals surface area contributed by atoms with E-state index in [9.17, 15) is 0 Å². The molecule has 0 radical (unpaired) electrons. The molecule has 1 unspecified atom stereocenters. The fourth-order valence-electron chi connectivity index (χ4n) is 2.04. The maximum Gasteiger partial charge on any atom is 0.191 e. The summed E-state index contributed by atoms with van der Waals surface area (Å²) in [6.45, 7) is 13.0. The molecule has 0 aliphatic heterocycles.